The predicted octanol–water partition coefficient (Wildman–Crippen LogP) is 4.24. The summed E-state index contributed by atoms with van der Waals surface area (Å²) < 4.78 is 41.1. The fraction of sp³-hybridized carbons (Fsp3) is 0.474. The summed E-state index contributed by atoms with van der Waals surface area (Å²) in [7, 11) is 0. The van der Waals surface area contributed by atoms with E-state index in [0.717, 1.165) is 43.4 Å². The van der Waals surface area contributed by atoms with Gasteiger partial charge in [0.25, 0.3) is 0 Å². The molecule has 0 unspecified atom stereocenters. The van der Waals surface area contributed by atoms with Gasteiger partial charge in [-0.3, -0.25) is 4.40 Å². The Kier molecular flexibility index (Phi) is 4.91. The zero-order valence-electron chi connectivity index (χ0n) is 15.4. The van der Waals surface area contributed by atoms with Gasteiger partial charge in [0.15, 0.2) is 5.65 Å². The molecule has 0 radical (unpaired) electrons. The molecule has 2 atom stereocenters. The van der Waals surface area contributed by atoms with Crippen molar-refractivity contribution in [3.63, 3.8) is 0 Å². The summed E-state index contributed by atoms with van der Waals surface area (Å²) in [4.78, 5) is 8.02. The van der Waals surface area contributed by atoms with E-state index >= 15 is 0 Å². The number of nitrogens with one attached hydrogen (secondary N) is 1. The van der Waals surface area contributed by atoms with Crippen molar-refractivity contribution in [1.82, 2.24) is 24.6 Å². The van der Waals surface area contributed by atoms with Crippen LogP contribution >= 0.6 is 0 Å². The van der Waals surface area contributed by atoms with E-state index in [2.05, 4.69) is 25.5 Å². The third kappa shape index (κ3) is 3.65. The van der Waals surface area contributed by atoms with Gasteiger partial charge in [-0.15, -0.1) is 10.2 Å². The van der Waals surface area contributed by atoms with E-state index in [1.807, 2.05) is 28.8 Å². The Morgan fingerprint density at radius 1 is 1.21 bits per heavy atom. The van der Waals surface area contributed by atoms with Crippen LogP contribution in [0.3, 0.4) is 0 Å². The summed E-state index contributed by atoms with van der Waals surface area (Å²) in [6.45, 7) is 1.66. The Labute approximate surface area is 160 Å². The van der Waals surface area contributed by atoms with Gasteiger partial charge in [-0.2, -0.15) is 13.2 Å². The molecule has 0 bridgehead atoms. The smallest absolute Gasteiger partial charge is 0.351 e. The molecule has 9 heteroatoms. The highest BCUT2D eigenvalue weighted by Gasteiger charge is 2.34. The summed E-state index contributed by atoms with van der Waals surface area (Å²) in [5.74, 6) is 1.40. The number of hydrogen-bond acceptors (Lipinski definition) is 5. The van der Waals surface area contributed by atoms with E-state index in [9.17, 15) is 13.2 Å². The molecule has 0 spiro atoms. The molecule has 3 heterocycles. The summed E-state index contributed by atoms with van der Waals surface area (Å²) in [6, 6.07) is 5.86. The van der Waals surface area contributed by atoms with E-state index in [-0.39, 0.29) is 30.0 Å². The van der Waals surface area contributed by atoms with Gasteiger partial charge < -0.3 is 5.32 Å². The molecular weight excluding hydrogens is 369 g/mol. The fourth-order valence-corrected chi connectivity index (χ4v) is 3.87. The quantitative estimate of drug-likeness (QED) is 0.722. The molecule has 1 N–H and O–H groups in total. The van der Waals surface area contributed by atoms with Crippen LogP contribution in [-0.4, -0.2) is 30.6 Å². The Morgan fingerprint density at radius 3 is 2.86 bits per heavy atom. The zero-order chi connectivity index (χ0) is 19.7. The van der Waals surface area contributed by atoms with Gasteiger partial charge in [0.2, 0.25) is 5.95 Å². The Hall–Kier alpha value is -2.71. The second-order valence-electron chi connectivity index (χ2n) is 7.10. The van der Waals surface area contributed by atoms with Crippen molar-refractivity contribution in [1.29, 1.82) is 0 Å². The highest BCUT2D eigenvalue weighted by molar-refractivity contribution is 5.38. The van der Waals surface area contributed by atoms with Crippen LogP contribution in [0.25, 0.3) is 5.65 Å². The van der Waals surface area contributed by atoms with Crippen LogP contribution in [0.15, 0.2) is 30.6 Å². The molecule has 6 nitrogen and oxygen atoms in total. The first kappa shape index (κ1) is 18.6. The fourth-order valence-electron chi connectivity index (χ4n) is 3.87. The summed E-state index contributed by atoms with van der Waals surface area (Å²) in [6.07, 6.45) is 2.31. The van der Waals surface area contributed by atoms with Gasteiger partial charge in [-0.25, -0.2) is 9.97 Å². The van der Waals surface area contributed by atoms with Gasteiger partial charge in [-0.05, 0) is 37.8 Å². The molecule has 0 amide bonds. The average Bonchev–Trinajstić information content (AvgIpc) is 3.11. The number of aromatic nitrogens is 5. The van der Waals surface area contributed by atoms with Gasteiger partial charge in [0, 0.05) is 24.4 Å². The van der Waals surface area contributed by atoms with Crippen molar-refractivity contribution in [2.24, 2.45) is 0 Å². The van der Waals surface area contributed by atoms with E-state index in [4.69, 9.17) is 0 Å². The number of hydrogen-bond donors (Lipinski definition) is 1. The Balaban J connectivity index is 1.51. The minimum atomic E-state index is -4.44. The first-order valence-corrected chi connectivity index (χ1v) is 9.45. The number of halogens is 3. The first-order valence-electron chi connectivity index (χ1n) is 9.45. The van der Waals surface area contributed by atoms with Crippen LogP contribution < -0.4 is 5.32 Å². The predicted molar refractivity (Wildman–Crippen MR) is 98.0 cm³/mol. The van der Waals surface area contributed by atoms with Crippen LogP contribution in [0, 0.1) is 0 Å². The van der Waals surface area contributed by atoms with Gasteiger partial charge in [0.05, 0.1) is 11.3 Å². The summed E-state index contributed by atoms with van der Waals surface area (Å²) in [5.41, 5.74) is 0.0593. The largest absolute Gasteiger partial charge is 0.419 e. The maximum absolute atomic E-state index is 13.0. The highest BCUT2D eigenvalue weighted by atomic mass is 19.4. The van der Waals surface area contributed by atoms with E-state index in [1.165, 1.54) is 0 Å². The monoisotopic (exact) mass is 390 g/mol. The van der Waals surface area contributed by atoms with Crippen molar-refractivity contribution < 1.29 is 13.2 Å². The average molecular weight is 390 g/mol. The highest BCUT2D eigenvalue weighted by Crippen LogP contribution is 2.34. The topological polar surface area (TPSA) is 68.0 Å². The summed E-state index contributed by atoms with van der Waals surface area (Å²) >= 11 is 0. The zero-order valence-corrected chi connectivity index (χ0v) is 15.4. The number of anilines is 1. The number of aryl methyl sites for hydroxylation is 1. The van der Waals surface area contributed by atoms with E-state index in [1.54, 1.807) is 6.92 Å². The normalized spacial score (nSPS) is 20.4. The molecule has 148 valence electrons. The van der Waals surface area contributed by atoms with Gasteiger partial charge >= 0.3 is 6.18 Å². The molecule has 3 aromatic heterocycles. The summed E-state index contributed by atoms with van der Waals surface area (Å²) in [5, 5.41) is 11.8. The molecular formula is C19H21F3N6. The van der Waals surface area contributed by atoms with Crippen LogP contribution in [0.5, 0.6) is 0 Å². The third-order valence-corrected chi connectivity index (χ3v) is 5.22. The minimum absolute atomic E-state index is 0.0146. The van der Waals surface area contributed by atoms with E-state index < -0.39 is 11.7 Å². The van der Waals surface area contributed by atoms with Crippen molar-refractivity contribution in [3.8, 4) is 0 Å². The second-order valence-corrected chi connectivity index (χ2v) is 7.10. The maximum atomic E-state index is 13.0. The lowest BCUT2D eigenvalue weighted by atomic mass is 9.85. The lowest BCUT2D eigenvalue weighted by Crippen LogP contribution is -2.28. The molecule has 0 saturated heterocycles. The number of fused-ring (bicyclic) bond motifs is 1. The van der Waals surface area contributed by atoms with Crippen LogP contribution in [0.1, 0.15) is 55.6 Å². The molecule has 1 saturated carbocycles. The van der Waals surface area contributed by atoms with Crippen molar-refractivity contribution >= 4 is 11.6 Å². The van der Waals surface area contributed by atoms with Gasteiger partial charge in [-0.1, -0.05) is 19.4 Å². The van der Waals surface area contributed by atoms with Crippen LogP contribution in [0.2, 0.25) is 0 Å². The Bertz CT molecular complexity index is 968. The molecule has 28 heavy (non-hydrogen) atoms. The van der Waals surface area contributed by atoms with Crippen molar-refractivity contribution in [2.45, 2.75) is 57.2 Å². The van der Waals surface area contributed by atoms with Crippen molar-refractivity contribution in [2.75, 3.05) is 5.32 Å². The van der Waals surface area contributed by atoms with Crippen LogP contribution in [0.4, 0.5) is 19.1 Å². The van der Waals surface area contributed by atoms with Crippen molar-refractivity contribution in [3.05, 3.63) is 47.7 Å². The Morgan fingerprint density at radius 2 is 2.07 bits per heavy atom. The van der Waals surface area contributed by atoms with Gasteiger partial charge in [0.1, 0.15) is 5.82 Å². The molecule has 0 aromatic carbocycles. The van der Waals surface area contributed by atoms with Crippen LogP contribution in [-0.2, 0) is 12.6 Å². The lowest BCUT2D eigenvalue weighted by Gasteiger charge is -2.29. The lowest BCUT2D eigenvalue weighted by molar-refractivity contribution is -0.138. The number of pyridine rings is 1. The first-order chi connectivity index (χ1) is 13.5. The van der Waals surface area contributed by atoms with E-state index in [0.29, 0.717) is 0 Å². The standard InChI is InChI=1S/C19H21F3N6/c1-2-15-14(19(20,21)22)11-23-18(25-15)24-13-7-5-6-12(10-13)17-27-26-16-8-3-4-9-28(16)17/h3-4,8-9,11-13H,2,5-7,10H2,1H3,(H,23,24,25)/t12-,13+/m0/s1. The third-order valence-electron chi connectivity index (χ3n) is 5.22. The second kappa shape index (κ2) is 7.37. The number of alkyl halides is 3. The molecule has 1 fully saturated rings. The number of rotatable bonds is 4. The molecule has 0 aliphatic heterocycles. The molecule has 3 aromatic rings. The molecule has 1 aliphatic carbocycles. The maximum Gasteiger partial charge on any atom is 0.419 e. The molecule has 1 aliphatic rings. The SMILES string of the molecule is CCc1nc(N[C@@H]2CCC[C@H](c3nnc4ccccn34)C2)ncc1C(F)(F)F. The molecule has 4 rings (SSSR count). The minimum Gasteiger partial charge on any atom is -0.351 e. The number of nitrogens with zero attached hydrogens (tertiary/aromatic N) is 5.